The van der Waals surface area contributed by atoms with E-state index in [4.69, 9.17) is 10.4 Å². The second-order valence-corrected chi connectivity index (χ2v) is 5.40. The second-order valence-electron chi connectivity index (χ2n) is 3.66. The van der Waals surface area contributed by atoms with Crippen LogP contribution in [0.3, 0.4) is 0 Å². The minimum Gasteiger partial charge on any atom is -0.383 e. The van der Waals surface area contributed by atoms with Crippen molar-refractivity contribution in [3.05, 3.63) is 29.3 Å². The molecule has 1 aromatic carbocycles. The molecule has 0 spiro atoms. The quantitative estimate of drug-likeness (QED) is 0.874. The van der Waals surface area contributed by atoms with Gasteiger partial charge in [0.05, 0.1) is 22.6 Å². The van der Waals surface area contributed by atoms with Gasteiger partial charge in [-0.3, -0.25) is 0 Å². The Morgan fingerprint density at radius 3 is 2.47 bits per heavy atom. The number of halogens is 3. The minimum atomic E-state index is -4.54. The summed E-state index contributed by atoms with van der Waals surface area (Å²) in [7, 11) is -3.67. The first-order chi connectivity index (χ1) is 8.63. The molecule has 9 heteroatoms. The van der Waals surface area contributed by atoms with Crippen molar-refractivity contribution >= 4 is 15.7 Å². The largest absolute Gasteiger partial charge is 0.416 e. The molecule has 1 rings (SSSR count). The molecule has 104 valence electrons. The van der Waals surface area contributed by atoms with E-state index < -0.39 is 21.8 Å². The van der Waals surface area contributed by atoms with Crippen molar-refractivity contribution in [3.8, 4) is 6.07 Å². The van der Waals surface area contributed by atoms with E-state index in [9.17, 15) is 21.6 Å². The Hall–Kier alpha value is -1.79. The van der Waals surface area contributed by atoms with Gasteiger partial charge in [0.1, 0.15) is 6.07 Å². The van der Waals surface area contributed by atoms with Crippen molar-refractivity contribution in [1.82, 2.24) is 0 Å². The highest BCUT2D eigenvalue weighted by Gasteiger charge is 2.31. The van der Waals surface area contributed by atoms with Crippen LogP contribution in [-0.2, 0) is 16.2 Å². The summed E-state index contributed by atoms with van der Waals surface area (Å²) < 4.78 is 58.6. The Morgan fingerprint density at radius 1 is 1.37 bits per heavy atom. The zero-order valence-electron chi connectivity index (χ0n) is 9.53. The zero-order chi connectivity index (χ0) is 14.7. The van der Waals surface area contributed by atoms with Crippen molar-refractivity contribution in [2.45, 2.75) is 6.18 Å². The maximum absolute atomic E-state index is 12.4. The lowest BCUT2D eigenvalue weighted by Crippen LogP contribution is -2.22. The number of rotatable bonds is 4. The van der Waals surface area contributed by atoms with Crippen molar-refractivity contribution in [2.75, 3.05) is 17.6 Å². The van der Waals surface area contributed by atoms with Gasteiger partial charge >= 0.3 is 6.18 Å². The summed E-state index contributed by atoms with van der Waals surface area (Å²) in [6.07, 6.45) is -4.54. The lowest BCUT2D eigenvalue weighted by Gasteiger charge is -2.11. The summed E-state index contributed by atoms with van der Waals surface area (Å²) in [4.78, 5) is 0. The smallest absolute Gasteiger partial charge is 0.383 e. The summed E-state index contributed by atoms with van der Waals surface area (Å²) in [6, 6.07) is 4.19. The Morgan fingerprint density at radius 2 is 2.00 bits per heavy atom. The van der Waals surface area contributed by atoms with Crippen LogP contribution >= 0.6 is 0 Å². The second kappa shape index (κ2) is 5.46. The topological polar surface area (TPSA) is 96.0 Å². The zero-order valence-corrected chi connectivity index (χ0v) is 10.3. The van der Waals surface area contributed by atoms with Crippen LogP contribution in [0.25, 0.3) is 0 Å². The molecule has 0 fully saturated rings. The van der Waals surface area contributed by atoms with E-state index in [1.807, 2.05) is 0 Å². The number of nitriles is 1. The van der Waals surface area contributed by atoms with Crippen molar-refractivity contribution < 1.29 is 21.6 Å². The molecule has 0 saturated heterocycles. The molecule has 1 aromatic rings. The van der Waals surface area contributed by atoms with Gasteiger partial charge < -0.3 is 5.32 Å². The molecule has 5 nitrogen and oxygen atoms in total. The van der Waals surface area contributed by atoms with Gasteiger partial charge in [0.25, 0.3) is 0 Å². The summed E-state index contributed by atoms with van der Waals surface area (Å²) >= 11 is 0. The third-order valence-electron chi connectivity index (χ3n) is 2.17. The van der Waals surface area contributed by atoms with E-state index in [0.29, 0.717) is 6.07 Å². The number of hydrogen-bond donors (Lipinski definition) is 2. The van der Waals surface area contributed by atoms with E-state index in [0.717, 1.165) is 12.1 Å². The number of nitrogens with two attached hydrogens (primary N) is 1. The van der Waals surface area contributed by atoms with Crippen LogP contribution in [0.2, 0.25) is 0 Å². The molecule has 0 aliphatic rings. The third kappa shape index (κ3) is 4.76. The average molecular weight is 293 g/mol. The van der Waals surface area contributed by atoms with Gasteiger partial charge in [0.15, 0.2) is 0 Å². The Balaban J connectivity index is 2.89. The van der Waals surface area contributed by atoms with Crippen LogP contribution in [0.4, 0.5) is 18.9 Å². The van der Waals surface area contributed by atoms with E-state index in [1.165, 1.54) is 0 Å². The molecule has 0 saturated carbocycles. The van der Waals surface area contributed by atoms with Crippen molar-refractivity contribution in [3.63, 3.8) is 0 Å². The molecule has 0 heterocycles. The molecule has 19 heavy (non-hydrogen) atoms. The molecule has 0 aliphatic heterocycles. The number of benzene rings is 1. The van der Waals surface area contributed by atoms with E-state index in [1.54, 1.807) is 6.07 Å². The van der Waals surface area contributed by atoms with Crippen LogP contribution in [0.5, 0.6) is 0 Å². The van der Waals surface area contributed by atoms with Gasteiger partial charge in [0.2, 0.25) is 10.0 Å². The highest BCUT2D eigenvalue weighted by molar-refractivity contribution is 7.89. The minimum absolute atomic E-state index is 0.0983. The first-order valence-corrected chi connectivity index (χ1v) is 6.71. The van der Waals surface area contributed by atoms with Gasteiger partial charge in [0, 0.05) is 6.54 Å². The fourth-order valence-electron chi connectivity index (χ4n) is 1.30. The predicted molar refractivity (Wildman–Crippen MR) is 62.6 cm³/mol. The number of sulfonamides is 1. The SMILES string of the molecule is N#Cc1cc(C(F)(F)F)ccc1NCCS(N)(=O)=O. The molecule has 3 N–H and O–H groups in total. The maximum atomic E-state index is 12.4. The first-order valence-electron chi connectivity index (χ1n) is 4.99. The van der Waals surface area contributed by atoms with E-state index >= 15 is 0 Å². The van der Waals surface area contributed by atoms with Gasteiger partial charge in [-0.25, -0.2) is 13.6 Å². The lowest BCUT2D eigenvalue weighted by molar-refractivity contribution is -0.137. The predicted octanol–water partition coefficient (Wildman–Crippen LogP) is 1.28. The Bertz CT molecular complexity index is 605. The van der Waals surface area contributed by atoms with Crippen LogP contribution in [0.15, 0.2) is 18.2 Å². The molecule has 0 aromatic heterocycles. The molecule has 0 atom stereocenters. The average Bonchev–Trinajstić information content (AvgIpc) is 2.26. The monoisotopic (exact) mass is 293 g/mol. The fraction of sp³-hybridized carbons (Fsp3) is 0.300. The fourth-order valence-corrected chi connectivity index (χ4v) is 1.68. The number of hydrogen-bond acceptors (Lipinski definition) is 4. The maximum Gasteiger partial charge on any atom is 0.416 e. The summed E-state index contributed by atoms with van der Waals surface area (Å²) in [5, 5.41) is 16.1. The Kier molecular flexibility index (Phi) is 4.39. The van der Waals surface area contributed by atoms with E-state index in [2.05, 4.69) is 5.32 Å². The molecule has 0 amide bonds. The molecule has 0 aliphatic carbocycles. The summed E-state index contributed by atoms with van der Waals surface area (Å²) in [5.41, 5.74) is -1.04. The van der Waals surface area contributed by atoms with Crippen LogP contribution < -0.4 is 10.5 Å². The van der Waals surface area contributed by atoms with Gasteiger partial charge in [-0.2, -0.15) is 18.4 Å². The summed E-state index contributed by atoms with van der Waals surface area (Å²) in [6.45, 7) is -0.0983. The molecule has 0 bridgehead atoms. The van der Waals surface area contributed by atoms with Gasteiger partial charge in [-0.05, 0) is 18.2 Å². The highest BCUT2D eigenvalue weighted by Crippen LogP contribution is 2.31. The number of primary sulfonamides is 1. The first kappa shape index (κ1) is 15.3. The molecule has 0 radical (unpaired) electrons. The van der Waals surface area contributed by atoms with Gasteiger partial charge in [-0.15, -0.1) is 0 Å². The van der Waals surface area contributed by atoms with Gasteiger partial charge in [-0.1, -0.05) is 0 Å². The standard InChI is InChI=1S/C10H10F3N3O2S/c11-10(12,13)8-1-2-9(7(5-8)6-14)16-3-4-19(15,17)18/h1-2,5,16H,3-4H2,(H2,15,17,18). The molecule has 0 unspecified atom stereocenters. The highest BCUT2D eigenvalue weighted by atomic mass is 32.2. The number of nitrogens with one attached hydrogen (secondary N) is 1. The third-order valence-corrected chi connectivity index (χ3v) is 2.94. The van der Waals surface area contributed by atoms with Crippen LogP contribution in [0, 0.1) is 11.3 Å². The number of alkyl halides is 3. The number of anilines is 1. The lowest BCUT2D eigenvalue weighted by atomic mass is 10.1. The summed E-state index contributed by atoms with van der Waals surface area (Å²) in [5.74, 6) is -0.390. The van der Waals surface area contributed by atoms with Crippen molar-refractivity contribution in [1.29, 1.82) is 5.26 Å². The molecular weight excluding hydrogens is 283 g/mol. The van der Waals surface area contributed by atoms with Crippen molar-refractivity contribution in [2.24, 2.45) is 5.14 Å². The van der Waals surface area contributed by atoms with Crippen LogP contribution in [-0.4, -0.2) is 20.7 Å². The Labute approximate surface area is 107 Å². The molecular formula is C10H10F3N3O2S. The van der Waals surface area contributed by atoms with E-state index in [-0.39, 0.29) is 23.5 Å². The number of nitrogens with zero attached hydrogens (tertiary/aromatic N) is 1. The van der Waals surface area contributed by atoms with Crippen LogP contribution in [0.1, 0.15) is 11.1 Å². The normalized spacial score (nSPS) is 11.9.